The number of thiazole rings is 1. The lowest BCUT2D eigenvalue weighted by atomic mass is 10.1. The second-order valence-corrected chi connectivity index (χ2v) is 8.55. The summed E-state index contributed by atoms with van der Waals surface area (Å²) < 4.78 is 2.09. The first-order valence-electron chi connectivity index (χ1n) is 8.69. The van der Waals surface area contributed by atoms with Crippen LogP contribution in [0.15, 0.2) is 40.9 Å². The lowest BCUT2D eigenvalue weighted by Gasteiger charge is -2.34. The van der Waals surface area contributed by atoms with Crippen LogP contribution in [0.5, 0.6) is 0 Å². The average Bonchev–Trinajstić information content (AvgIpc) is 3.06. The number of halogens is 1. The molecular formula is C20H20BrN3OS. The molecule has 2 aromatic carbocycles. The predicted molar refractivity (Wildman–Crippen MR) is 111 cm³/mol. The van der Waals surface area contributed by atoms with Crippen molar-refractivity contribution in [1.82, 2.24) is 9.88 Å². The molecule has 3 aromatic rings. The van der Waals surface area contributed by atoms with Crippen molar-refractivity contribution >= 4 is 48.5 Å². The number of rotatable bonds is 2. The molecule has 0 N–H and O–H groups in total. The van der Waals surface area contributed by atoms with Crippen LogP contribution in [-0.2, 0) is 0 Å². The fourth-order valence-electron chi connectivity index (χ4n) is 3.40. The Morgan fingerprint density at radius 3 is 2.58 bits per heavy atom. The molecule has 0 bridgehead atoms. The summed E-state index contributed by atoms with van der Waals surface area (Å²) in [5.41, 5.74) is 4.33. The van der Waals surface area contributed by atoms with Gasteiger partial charge in [0, 0.05) is 30.7 Å². The molecule has 0 radical (unpaired) electrons. The van der Waals surface area contributed by atoms with E-state index in [9.17, 15) is 4.79 Å². The van der Waals surface area contributed by atoms with E-state index >= 15 is 0 Å². The second-order valence-electron chi connectivity index (χ2n) is 6.68. The standard InChI is InChI=1S/C20H20BrN3OS/c1-13-11-14(2)18-17(12-13)26-20(22-18)24-9-7-23(8-10-24)19(25)15-5-3-4-6-16(15)21/h3-6,11-12H,7-10H2,1-2H3. The summed E-state index contributed by atoms with van der Waals surface area (Å²) in [5, 5.41) is 1.06. The van der Waals surface area contributed by atoms with Gasteiger partial charge in [0.25, 0.3) is 5.91 Å². The summed E-state index contributed by atoms with van der Waals surface area (Å²) in [7, 11) is 0. The number of carbonyl (C=O) groups is 1. The van der Waals surface area contributed by atoms with Gasteiger partial charge in [0.2, 0.25) is 0 Å². The summed E-state index contributed by atoms with van der Waals surface area (Å²) >= 11 is 5.22. The number of fused-ring (bicyclic) bond motifs is 1. The molecule has 134 valence electrons. The maximum atomic E-state index is 12.8. The van der Waals surface area contributed by atoms with Crippen LogP contribution in [0.3, 0.4) is 0 Å². The first-order valence-corrected chi connectivity index (χ1v) is 10.3. The van der Waals surface area contributed by atoms with Gasteiger partial charge in [-0.05, 0) is 59.1 Å². The quantitative estimate of drug-likeness (QED) is 0.595. The van der Waals surface area contributed by atoms with Gasteiger partial charge in [-0.2, -0.15) is 0 Å². The van der Waals surface area contributed by atoms with E-state index in [0.29, 0.717) is 13.1 Å². The van der Waals surface area contributed by atoms with E-state index in [1.807, 2.05) is 29.2 Å². The molecule has 4 nitrogen and oxygen atoms in total. The minimum atomic E-state index is 0.0906. The molecule has 1 aromatic heterocycles. The first-order chi connectivity index (χ1) is 12.5. The van der Waals surface area contributed by atoms with Crippen LogP contribution in [0.4, 0.5) is 5.13 Å². The topological polar surface area (TPSA) is 36.4 Å². The molecule has 1 amide bonds. The van der Waals surface area contributed by atoms with Crippen LogP contribution in [0.2, 0.25) is 0 Å². The number of aromatic nitrogens is 1. The highest BCUT2D eigenvalue weighted by Gasteiger charge is 2.25. The van der Waals surface area contributed by atoms with E-state index in [2.05, 4.69) is 46.8 Å². The molecular weight excluding hydrogens is 410 g/mol. The van der Waals surface area contributed by atoms with Gasteiger partial charge < -0.3 is 9.80 Å². The highest BCUT2D eigenvalue weighted by molar-refractivity contribution is 9.10. The van der Waals surface area contributed by atoms with Crippen molar-refractivity contribution in [2.24, 2.45) is 0 Å². The van der Waals surface area contributed by atoms with Crippen molar-refractivity contribution in [3.05, 3.63) is 57.6 Å². The molecule has 1 fully saturated rings. The smallest absolute Gasteiger partial charge is 0.255 e. The number of aryl methyl sites for hydroxylation is 2. The van der Waals surface area contributed by atoms with Gasteiger partial charge in [-0.3, -0.25) is 4.79 Å². The maximum Gasteiger partial charge on any atom is 0.255 e. The van der Waals surface area contributed by atoms with Gasteiger partial charge in [-0.25, -0.2) is 4.98 Å². The second kappa shape index (κ2) is 7.00. The SMILES string of the molecule is Cc1cc(C)c2nc(N3CCN(C(=O)c4ccccc4Br)CC3)sc2c1. The van der Waals surface area contributed by atoms with Crippen LogP contribution in [-0.4, -0.2) is 42.0 Å². The van der Waals surface area contributed by atoms with Gasteiger partial charge >= 0.3 is 0 Å². The van der Waals surface area contributed by atoms with Crippen molar-refractivity contribution in [3.63, 3.8) is 0 Å². The Kier molecular flexibility index (Phi) is 4.71. The molecule has 2 heterocycles. The molecule has 0 saturated carbocycles. The lowest BCUT2D eigenvalue weighted by molar-refractivity contribution is 0.0746. The summed E-state index contributed by atoms with van der Waals surface area (Å²) in [6.07, 6.45) is 0. The molecule has 1 aliphatic rings. The number of anilines is 1. The molecule has 6 heteroatoms. The Morgan fingerprint density at radius 1 is 1.12 bits per heavy atom. The third-order valence-corrected chi connectivity index (χ3v) is 6.51. The molecule has 0 atom stereocenters. The minimum Gasteiger partial charge on any atom is -0.345 e. The Hall–Kier alpha value is -1.92. The highest BCUT2D eigenvalue weighted by Crippen LogP contribution is 2.32. The third-order valence-electron chi connectivity index (χ3n) is 4.76. The summed E-state index contributed by atoms with van der Waals surface area (Å²) in [6, 6.07) is 12.0. The average molecular weight is 430 g/mol. The molecule has 0 aliphatic carbocycles. The van der Waals surface area contributed by atoms with Gasteiger partial charge in [0.05, 0.1) is 15.8 Å². The fourth-order valence-corrected chi connectivity index (χ4v) is 5.05. The zero-order chi connectivity index (χ0) is 18.3. The number of carbonyl (C=O) groups excluding carboxylic acids is 1. The highest BCUT2D eigenvalue weighted by atomic mass is 79.9. The van der Waals surface area contributed by atoms with Crippen LogP contribution >= 0.6 is 27.3 Å². The van der Waals surface area contributed by atoms with Crippen molar-refractivity contribution in [2.75, 3.05) is 31.1 Å². The van der Waals surface area contributed by atoms with Crippen molar-refractivity contribution in [3.8, 4) is 0 Å². The zero-order valence-electron chi connectivity index (χ0n) is 14.8. The van der Waals surface area contributed by atoms with E-state index in [-0.39, 0.29) is 5.91 Å². The molecule has 1 saturated heterocycles. The first kappa shape index (κ1) is 17.5. The van der Waals surface area contributed by atoms with Crippen LogP contribution < -0.4 is 4.90 Å². The number of piperazine rings is 1. The number of nitrogens with zero attached hydrogens (tertiary/aromatic N) is 3. The van der Waals surface area contributed by atoms with Crippen LogP contribution in [0, 0.1) is 13.8 Å². The van der Waals surface area contributed by atoms with E-state index in [0.717, 1.165) is 33.8 Å². The number of hydrogen-bond donors (Lipinski definition) is 0. The van der Waals surface area contributed by atoms with Crippen molar-refractivity contribution in [2.45, 2.75) is 13.8 Å². The van der Waals surface area contributed by atoms with Crippen LogP contribution in [0.1, 0.15) is 21.5 Å². The van der Waals surface area contributed by atoms with Crippen molar-refractivity contribution < 1.29 is 4.79 Å². The van der Waals surface area contributed by atoms with Crippen molar-refractivity contribution in [1.29, 1.82) is 0 Å². The number of benzene rings is 2. The third kappa shape index (κ3) is 3.23. The molecule has 0 spiro atoms. The lowest BCUT2D eigenvalue weighted by Crippen LogP contribution is -2.48. The number of amides is 1. The van der Waals surface area contributed by atoms with E-state index in [1.165, 1.54) is 15.8 Å². The van der Waals surface area contributed by atoms with Crippen LogP contribution in [0.25, 0.3) is 10.2 Å². The molecule has 0 unspecified atom stereocenters. The number of hydrogen-bond acceptors (Lipinski definition) is 4. The maximum absolute atomic E-state index is 12.8. The molecule has 1 aliphatic heterocycles. The monoisotopic (exact) mass is 429 g/mol. The van der Waals surface area contributed by atoms with Gasteiger partial charge in [0.15, 0.2) is 5.13 Å². The summed E-state index contributed by atoms with van der Waals surface area (Å²) in [5.74, 6) is 0.0906. The minimum absolute atomic E-state index is 0.0906. The Labute approximate surface area is 165 Å². The van der Waals surface area contributed by atoms with E-state index < -0.39 is 0 Å². The zero-order valence-corrected chi connectivity index (χ0v) is 17.2. The van der Waals surface area contributed by atoms with Gasteiger partial charge in [-0.15, -0.1) is 0 Å². The Morgan fingerprint density at radius 2 is 1.85 bits per heavy atom. The van der Waals surface area contributed by atoms with E-state index in [4.69, 9.17) is 4.98 Å². The Bertz CT molecular complexity index is 976. The Balaban J connectivity index is 1.49. The predicted octanol–water partition coefficient (Wildman–Crippen LogP) is 4.64. The van der Waals surface area contributed by atoms with Gasteiger partial charge in [-0.1, -0.05) is 29.5 Å². The fraction of sp³-hybridized carbons (Fsp3) is 0.300. The normalized spacial score (nSPS) is 14.9. The summed E-state index contributed by atoms with van der Waals surface area (Å²) in [6.45, 7) is 7.30. The van der Waals surface area contributed by atoms with E-state index in [1.54, 1.807) is 11.3 Å². The largest absolute Gasteiger partial charge is 0.345 e. The molecule has 4 rings (SSSR count). The van der Waals surface area contributed by atoms with Gasteiger partial charge in [0.1, 0.15) is 0 Å². The molecule has 26 heavy (non-hydrogen) atoms. The summed E-state index contributed by atoms with van der Waals surface area (Å²) in [4.78, 5) is 21.8.